The molecule has 1 atom stereocenters. The van der Waals surface area contributed by atoms with Crippen molar-refractivity contribution in [2.75, 3.05) is 5.75 Å². The van der Waals surface area contributed by atoms with E-state index in [9.17, 15) is 0 Å². The molecule has 0 aliphatic carbocycles. The summed E-state index contributed by atoms with van der Waals surface area (Å²) >= 11 is 3.21. The number of aromatic nitrogens is 2. The van der Waals surface area contributed by atoms with E-state index in [1.54, 1.807) is 36.0 Å². The van der Waals surface area contributed by atoms with E-state index in [2.05, 4.69) is 11.1 Å². The van der Waals surface area contributed by atoms with Crippen LogP contribution in [0.5, 0.6) is 0 Å². The smallest absolute Gasteiger partial charge is 0.103 e. The molecule has 1 unspecified atom stereocenters. The minimum atomic E-state index is 0.0987. The van der Waals surface area contributed by atoms with Gasteiger partial charge in [0.2, 0.25) is 0 Å². The second-order valence-corrected chi connectivity index (χ2v) is 5.67. The Morgan fingerprint density at radius 1 is 1.80 bits per heavy atom. The average Bonchev–Trinajstić information content (AvgIpc) is 2.79. The Balaban J connectivity index is 2.41. The Kier molecular flexibility index (Phi) is 3.05. The van der Waals surface area contributed by atoms with Crippen LogP contribution in [0.15, 0.2) is 16.8 Å². The molecule has 0 radical (unpaired) electrons. The molecule has 1 aliphatic heterocycles. The van der Waals surface area contributed by atoms with Crippen molar-refractivity contribution in [1.82, 2.24) is 9.55 Å². The summed E-state index contributed by atoms with van der Waals surface area (Å²) in [7, 11) is 1.88. The Hall–Kier alpha value is -0.900. The molecular weight excluding hydrogens is 228 g/mol. The number of allylic oxidation sites excluding steroid dienone is 1. The lowest BCUT2D eigenvalue weighted by molar-refractivity contribution is 0.899. The van der Waals surface area contributed by atoms with Gasteiger partial charge >= 0.3 is 0 Å². The molecule has 78 valence electrons. The van der Waals surface area contributed by atoms with Gasteiger partial charge in [-0.1, -0.05) is 11.8 Å². The van der Waals surface area contributed by atoms with E-state index in [0.717, 1.165) is 15.7 Å². The van der Waals surface area contributed by atoms with Crippen LogP contribution in [0.2, 0.25) is 0 Å². The molecule has 1 aromatic heterocycles. The van der Waals surface area contributed by atoms with Gasteiger partial charge in [-0.15, -0.1) is 11.8 Å². The number of aryl methyl sites for hydroxylation is 1. The van der Waals surface area contributed by atoms with Crippen LogP contribution in [0.4, 0.5) is 0 Å². The first-order chi connectivity index (χ1) is 7.22. The first kappa shape index (κ1) is 10.6. The fourth-order valence-corrected chi connectivity index (χ4v) is 3.78. The molecule has 15 heavy (non-hydrogen) atoms. The van der Waals surface area contributed by atoms with E-state index < -0.39 is 0 Å². The highest BCUT2D eigenvalue weighted by molar-refractivity contribution is 8.25. The zero-order chi connectivity index (χ0) is 10.8. The number of nitriles is 1. The third kappa shape index (κ3) is 2.04. The summed E-state index contributed by atoms with van der Waals surface area (Å²) in [6.07, 6.45) is 3.40. The quantitative estimate of drug-likeness (QED) is 0.749. The van der Waals surface area contributed by atoms with Crippen molar-refractivity contribution < 1.29 is 0 Å². The summed E-state index contributed by atoms with van der Waals surface area (Å²) in [4.78, 5) is 4.01. The van der Waals surface area contributed by atoms with Gasteiger partial charge in [0.15, 0.2) is 0 Å². The van der Waals surface area contributed by atoms with Gasteiger partial charge in [0.1, 0.15) is 6.07 Å². The molecule has 1 aromatic rings. The van der Waals surface area contributed by atoms with Crippen LogP contribution in [-0.4, -0.2) is 20.7 Å². The van der Waals surface area contributed by atoms with Crippen LogP contribution in [0.1, 0.15) is 5.69 Å². The maximum atomic E-state index is 9.15. The van der Waals surface area contributed by atoms with Crippen LogP contribution in [0, 0.1) is 11.3 Å². The lowest BCUT2D eigenvalue weighted by Gasteiger charge is -2.03. The molecule has 0 saturated carbocycles. The van der Waals surface area contributed by atoms with E-state index in [4.69, 9.17) is 11.0 Å². The fourth-order valence-electron chi connectivity index (χ4n) is 1.30. The number of nitrogens with two attached hydrogens (primary N) is 1. The van der Waals surface area contributed by atoms with E-state index in [-0.39, 0.29) is 5.37 Å². The van der Waals surface area contributed by atoms with Crippen LogP contribution >= 0.6 is 23.5 Å². The Morgan fingerprint density at radius 3 is 3.07 bits per heavy atom. The number of hydrogen-bond donors (Lipinski definition) is 1. The second-order valence-electron chi connectivity index (χ2n) is 3.13. The van der Waals surface area contributed by atoms with E-state index in [1.807, 2.05) is 11.6 Å². The summed E-state index contributed by atoms with van der Waals surface area (Å²) < 4.78 is 2.85. The summed E-state index contributed by atoms with van der Waals surface area (Å²) in [5.74, 6) is 0.864. The summed E-state index contributed by atoms with van der Waals surface area (Å²) in [6, 6.07) is 2.23. The Morgan fingerprint density at radius 2 is 2.60 bits per heavy atom. The lowest BCUT2D eigenvalue weighted by atomic mass is 10.2. The van der Waals surface area contributed by atoms with Crippen molar-refractivity contribution in [2.45, 2.75) is 5.37 Å². The third-order valence-electron chi connectivity index (χ3n) is 2.03. The molecular formula is C9H10N4S2. The Labute approximate surface area is 96.5 Å². The summed E-state index contributed by atoms with van der Waals surface area (Å²) in [5, 5.41) is 9.25. The predicted molar refractivity (Wildman–Crippen MR) is 63.8 cm³/mol. The first-order valence-corrected chi connectivity index (χ1v) is 6.25. The zero-order valence-corrected chi connectivity index (χ0v) is 9.81. The van der Waals surface area contributed by atoms with Gasteiger partial charge in [0.25, 0.3) is 0 Å². The average molecular weight is 238 g/mol. The number of rotatable bonds is 1. The highest BCUT2D eigenvalue weighted by Crippen LogP contribution is 2.43. The molecule has 2 N–H and O–H groups in total. The van der Waals surface area contributed by atoms with Gasteiger partial charge in [-0.3, -0.25) is 0 Å². The molecule has 6 heteroatoms. The molecule has 1 aliphatic rings. The molecule has 0 spiro atoms. The first-order valence-electron chi connectivity index (χ1n) is 4.38. The van der Waals surface area contributed by atoms with Crippen LogP contribution in [0.25, 0.3) is 5.57 Å². The molecule has 1 saturated heterocycles. The van der Waals surface area contributed by atoms with Crippen molar-refractivity contribution in [1.29, 1.82) is 5.26 Å². The molecule has 0 amide bonds. The van der Waals surface area contributed by atoms with Crippen LogP contribution < -0.4 is 5.73 Å². The maximum absolute atomic E-state index is 9.15. The molecule has 0 bridgehead atoms. The number of thioether (sulfide) groups is 2. The van der Waals surface area contributed by atoms with Crippen molar-refractivity contribution in [3.8, 4) is 6.07 Å². The largest absolute Gasteiger partial charge is 0.333 e. The lowest BCUT2D eigenvalue weighted by Crippen LogP contribution is -2.12. The molecule has 4 nitrogen and oxygen atoms in total. The van der Waals surface area contributed by atoms with Gasteiger partial charge < -0.3 is 10.3 Å². The minimum Gasteiger partial charge on any atom is -0.333 e. The third-order valence-corrected chi connectivity index (χ3v) is 4.76. The van der Waals surface area contributed by atoms with Crippen molar-refractivity contribution in [3.63, 3.8) is 0 Å². The predicted octanol–water partition coefficient (Wildman–Crippen LogP) is 1.38. The number of hydrogen-bond acceptors (Lipinski definition) is 5. The molecule has 2 heterocycles. The fraction of sp³-hybridized carbons (Fsp3) is 0.333. The highest BCUT2D eigenvalue weighted by Gasteiger charge is 2.22. The Bertz CT molecular complexity index is 443. The standard InChI is InChI=1S/C9H10N4S2/c1-13-5-12-3-7(13)6(2-10)9-14-4-8(11)15-9/h3,5,8H,4,11H2,1H3. The van der Waals surface area contributed by atoms with Gasteiger partial charge in [-0.05, 0) is 0 Å². The monoisotopic (exact) mass is 238 g/mol. The zero-order valence-electron chi connectivity index (χ0n) is 8.17. The highest BCUT2D eigenvalue weighted by atomic mass is 32.2. The topological polar surface area (TPSA) is 67.6 Å². The molecule has 0 aromatic carbocycles. The second kappa shape index (κ2) is 4.31. The van der Waals surface area contributed by atoms with Crippen LogP contribution in [0.3, 0.4) is 0 Å². The normalized spacial score (nSPS) is 23.9. The van der Waals surface area contributed by atoms with Gasteiger partial charge in [0.05, 0.1) is 33.4 Å². The maximum Gasteiger partial charge on any atom is 0.103 e. The van der Waals surface area contributed by atoms with Crippen molar-refractivity contribution >= 4 is 29.1 Å². The number of nitrogens with zero attached hydrogens (tertiary/aromatic N) is 3. The minimum absolute atomic E-state index is 0.0987. The van der Waals surface area contributed by atoms with E-state index in [0.29, 0.717) is 5.57 Å². The summed E-state index contributed by atoms with van der Waals surface area (Å²) in [5.41, 5.74) is 7.31. The van der Waals surface area contributed by atoms with Gasteiger partial charge in [-0.25, -0.2) is 4.98 Å². The van der Waals surface area contributed by atoms with E-state index in [1.165, 1.54) is 0 Å². The molecule has 2 rings (SSSR count). The summed E-state index contributed by atoms with van der Waals surface area (Å²) in [6.45, 7) is 0. The van der Waals surface area contributed by atoms with E-state index >= 15 is 0 Å². The van der Waals surface area contributed by atoms with Gasteiger partial charge in [0, 0.05) is 12.8 Å². The number of imidazole rings is 1. The van der Waals surface area contributed by atoms with Crippen LogP contribution in [-0.2, 0) is 7.05 Å². The molecule has 1 fully saturated rings. The SMILES string of the molecule is Cn1cncc1C(C#N)=C1SCC(N)S1. The van der Waals surface area contributed by atoms with Crippen molar-refractivity contribution in [3.05, 3.63) is 22.5 Å². The van der Waals surface area contributed by atoms with Crippen molar-refractivity contribution in [2.24, 2.45) is 12.8 Å². The van der Waals surface area contributed by atoms with Gasteiger partial charge in [-0.2, -0.15) is 5.26 Å².